The molecule has 1 aliphatic heterocycles. The number of aromatic amines is 1. The van der Waals surface area contributed by atoms with Crippen molar-refractivity contribution in [2.75, 3.05) is 31.7 Å². The summed E-state index contributed by atoms with van der Waals surface area (Å²) in [5, 5.41) is 6.78. The number of nitrogens with one attached hydrogen (secondary N) is 2. The first-order valence-electron chi connectivity index (χ1n) is 9.53. The third-order valence-electron chi connectivity index (χ3n) is 5.26. The number of hydrogen-bond donors (Lipinski definition) is 2. The van der Waals surface area contributed by atoms with Gasteiger partial charge < -0.3 is 15.2 Å². The molecule has 26 heavy (non-hydrogen) atoms. The summed E-state index contributed by atoms with van der Waals surface area (Å²) >= 11 is 8.24. The van der Waals surface area contributed by atoms with E-state index in [1.54, 1.807) is 0 Å². The molecule has 0 unspecified atom stereocenters. The molecule has 1 aliphatic carbocycles. The molecule has 4 nitrogen and oxygen atoms in total. The fourth-order valence-electron chi connectivity index (χ4n) is 3.84. The minimum Gasteiger partial charge on any atom is -0.381 e. The number of anilines is 1. The largest absolute Gasteiger partial charge is 0.381 e. The maximum Gasteiger partial charge on any atom is 0.114 e. The van der Waals surface area contributed by atoms with Crippen LogP contribution in [0.3, 0.4) is 0 Å². The summed E-state index contributed by atoms with van der Waals surface area (Å²) in [5.41, 5.74) is 3.39. The molecule has 1 fully saturated rings. The standard InChI is InChI=1S/C20H27ClN4S/c1-25(2)8-7-16-12-26-20(23-16)18-10-13-9-14(21)11-17(19(13)24-18)22-15-5-3-4-6-15/h9-11,15-16,22,24H,3-8,12H2,1-2H3/t16-/m1/s1. The van der Waals surface area contributed by atoms with Gasteiger partial charge in [-0.1, -0.05) is 24.4 Å². The zero-order chi connectivity index (χ0) is 18.1. The highest BCUT2D eigenvalue weighted by Crippen LogP contribution is 2.33. The molecule has 1 saturated carbocycles. The van der Waals surface area contributed by atoms with E-state index >= 15 is 0 Å². The van der Waals surface area contributed by atoms with Gasteiger partial charge in [0, 0.05) is 22.2 Å². The number of rotatable bonds is 6. The van der Waals surface area contributed by atoms with Crippen molar-refractivity contribution in [1.82, 2.24) is 9.88 Å². The monoisotopic (exact) mass is 390 g/mol. The van der Waals surface area contributed by atoms with Crippen LogP contribution in [0.15, 0.2) is 23.2 Å². The summed E-state index contributed by atoms with van der Waals surface area (Å²) in [7, 11) is 4.24. The predicted molar refractivity (Wildman–Crippen MR) is 115 cm³/mol. The van der Waals surface area contributed by atoms with Gasteiger partial charge in [-0.2, -0.15) is 0 Å². The molecule has 0 amide bonds. The molecule has 0 spiro atoms. The lowest BCUT2D eigenvalue weighted by Crippen LogP contribution is -2.18. The molecule has 0 radical (unpaired) electrons. The lowest BCUT2D eigenvalue weighted by atomic mass is 10.2. The van der Waals surface area contributed by atoms with Crippen molar-refractivity contribution >= 4 is 45.0 Å². The van der Waals surface area contributed by atoms with Gasteiger partial charge in [-0.25, -0.2) is 0 Å². The average molecular weight is 391 g/mol. The zero-order valence-electron chi connectivity index (χ0n) is 15.5. The van der Waals surface area contributed by atoms with Crippen molar-refractivity contribution in [3.63, 3.8) is 0 Å². The summed E-state index contributed by atoms with van der Waals surface area (Å²) in [6.07, 6.45) is 6.25. The molecule has 1 aromatic heterocycles. The molecule has 2 aromatic rings. The van der Waals surface area contributed by atoms with E-state index in [1.165, 1.54) is 25.7 Å². The summed E-state index contributed by atoms with van der Waals surface area (Å²) in [6.45, 7) is 1.08. The molecule has 140 valence electrons. The van der Waals surface area contributed by atoms with E-state index in [9.17, 15) is 0 Å². The smallest absolute Gasteiger partial charge is 0.114 e. The summed E-state index contributed by atoms with van der Waals surface area (Å²) in [4.78, 5) is 10.8. The quantitative estimate of drug-likeness (QED) is 0.730. The second kappa shape index (κ2) is 7.83. The van der Waals surface area contributed by atoms with Gasteiger partial charge in [0.05, 0.1) is 22.9 Å². The van der Waals surface area contributed by atoms with Crippen LogP contribution >= 0.6 is 23.4 Å². The van der Waals surface area contributed by atoms with Crippen LogP contribution < -0.4 is 5.32 Å². The maximum atomic E-state index is 6.38. The Morgan fingerprint density at radius 1 is 1.27 bits per heavy atom. The molecular formula is C20H27ClN4S. The van der Waals surface area contributed by atoms with Crippen molar-refractivity contribution in [3.8, 4) is 0 Å². The highest BCUT2D eigenvalue weighted by molar-refractivity contribution is 8.14. The highest BCUT2D eigenvalue weighted by atomic mass is 35.5. The Labute approximate surface area is 164 Å². The van der Waals surface area contributed by atoms with Crippen LogP contribution in [0, 0.1) is 0 Å². The Bertz CT molecular complexity index is 807. The number of nitrogens with zero attached hydrogens (tertiary/aromatic N) is 2. The first-order valence-corrected chi connectivity index (χ1v) is 10.9. The molecule has 0 saturated heterocycles. The van der Waals surface area contributed by atoms with E-state index in [0.29, 0.717) is 12.1 Å². The maximum absolute atomic E-state index is 6.38. The first kappa shape index (κ1) is 18.2. The van der Waals surface area contributed by atoms with Crippen LogP contribution in [0.5, 0.6) is 0 Å². The van der Waals surface area contributed by atoms with Gasteiger partial charge >= 0.3 is 0 Å². The third kappa shape index (κ3) is 4.05. The Balaban J connectivity index is 1.58. The second-order valence-electron chi connectivity index (χ2n) is 7.72. The Hall–Kier alpha value is -1.17. The van der Waals surface area contributed by atoms with Crippen molar-refractivity contribution in [2.24, 2.45) is 4.99 Å². The van der Waals surface area contributed by atoms with Crippen LogP contribution in [0.1, 0.15) is 37.8 Å². The Kier molecular flexibility index (Phi) is 5.48. The number of halogens is 1. The number of fused-ring (bicyclic) bond motifs is 1. The van der Waals surface area contributed by atoms with Gasteiger partial charge in [0.1, 0.15) is 5.04 Å². The highest BCUT2D eigenvalue weighted by Gasteiger charge is 2.22. The van der Waals surface area contributed by atoms with Crippen molar-refractivity contribution < 1.29 is 0 Å². The minimum atomic E-state index is 0.420. The van der Waals surface area contributed by atoms with Crippen molar-refractivity contribution in [2.45, 2.75) is 44.2 Å². The lowest BCUT2D eigenvalue weighted by molar-refractivity contribution is 0.388. The summed E-state index contributed by atoms with van der Waals surface area (Å²) in [5.74, 6) is 1.08. The third-order valence-corrected chi connectivity index (χ3v) is 6.63. The molecule has 1 aromatic carbocycles. The molecule has 4 rings (SSSR count). The zero-order valence-corrected chi connectivity index (χ0v) is 17.1. The van der Waals surface area contributed by atoms with E-state index < -0.39 is 0 Å². The summed E-state index contributed by atoms with van der Waals surface area (Å²) in [6, 6.07) is 7.27. The van der Waals surface area contributed by atoms with Gasteiger partial charge in [-0.05, 0) is 58.1 Å². The summed E-state index contributed by atoms with van der Waals surface area (Å²) < 4.78 is 0. The average Bonchev–Trinajstić information content (AvgIpc) is 3.32. The molecule has 6 heteroatoms. The van der Waals surface area contributed by atoms with Gasteiger partial charge in [0.25, 0.3) is 0 Å². The lowest BCUT2D eigenvalue weighted by Gasteiger charge is -2.14. The van der Waals surface area contributed by atoms with E-state index in [2.05, 4.69) is 35.4 Å². The van der Waals surface area contributed by atoms with Gasteiger partial charge in [0.15, 0.2) is 0 Å². The van der Waals surface area contributed by atoms with Crippen molar-refractivity contribution in [3.05, 3.63) is 28.9 Å². The van der Waals surface area contributed by atoms with E-state index in [-0.39, 0.29) is 0 Å². The molecule has 2 heterocycles. The molecule has 2 aliphatic rings. The molecule has 2 N–H and O–H groups in total. The second-order valence-corrected chi connectivity index (χ2v) is 9.16. The van der Waals surface area contributed by atoms with Crippen LogP contribution in [0.2, 0.25) is 5.02 Å². The Morgan fingerprint density at radius 2 is 2.08 bits per heavy atom. The van der Waals surface area contributed by atoms with E-state index in [1.807, 2.05) is 23.9 Å². The fraction of sp³-hybridized carbons (Fsp3) is 0.550. The van der Waals surface area contributed by atoms with Crippen molar-refractivity contribution in [1.29, 1.82) is 0 Å². The number of H-pyrrole nitrogens is 1. The number of hydrogen-bond acceptors (Lipinski definition) is 4. The number of aromatic nitrogens is 1. The SMILES string of the molecule is CN(C)CC[C@@H]1CSC(c2cc3cc(Cl)cc(NC4CCCC4)c3[nH]2)=N1. The molecule has 0 bridgehead atoms. The van der Waals surface area contributed by atoms with E-state index in [0.717, 1.165) is 51.1 Å². The van der Waals surface area contributed by atoms with Crippen LogP contribution in [-0.4, -0.2) is 53.4 Å². The van der Waals surface area contributed by atoms with Gasteiger partial charge in [-0.15, -0.1) is 11.8 Å². The van der Waals surface area contributed by atoms with Crippen LogP contribution in [-0.2, 0) is 0 Å². The number of benzene rings is 1. The minimum absolute atomic E-state index is 0.420. The van der Waals surface area contributed by atoms with Crippen LogP contribution in [0.4, 0.5) is 5.69 Å². The van der Waals surface area contributed by atoms with Gasteiger partial charge in [0.2, 0.25) is 0 Å². The Morgan fingerprint density at radius 3 is 2.85 bits per heavy atom. The van der Waals surface area contributed by atoms with Gasteiger partial charge in [-0.3, -0.25) is 4.99 Å². The van der Waals surface area contributed by atoms with Crippen LogP contribution in [0.25, 0.3) is 10.9 Å². The molecular weight excluding hydrogens is 364 g/mol. The normalized spacial score (nSPS) is 21.1. The van der Waals surface area contributed by atoms with E-state index in [4.69, 9.17) is 16.6 Å². The first-order chi connectivity index (χ1) is 12.6. The fourth-order valence-corrected chi connectivity index (χ4v) is 5.15. The number of aliphatic imine (C=N–C) groups is 1. The topological polar surface area (TPSA) is 43.4 Å². The number of thioether (sulfide) groups is 1. The predicted octanol–water partition coefficient (Wildman–Crippen LogP) is 4.99. The molecule has 1 atom stereocenters.